The highest BCUT2D eigenvalue weighted by atomic mass is 16.4. The molecule has 1 saturated heterocycles. The Morgan fingerprint density at radius 1 is 1.30 bits per heavy atom. The predicted molar refractivity (Wildman–Crippen MR) is 84.0 cm³/mol. The van der Waals surface area contributed by atoms with E-state index in [9.17, 15) is 24.9 Å². The Morgan fingerprint density at radius 2 is 1.96 bits per heavy atom. The third-order valence-electron chi connectivity index (χ3n) is 4.63. The van der Waals surface area contributed by atoms with Crippen LogP contribution in [0.25, 0.3) is 0 Å². The molecule has 1 fully saturated rings. The maximum atomic E-state index is 12.3. The van der Waals surface area contributed by atoms with Crippen LogP contribution in [0.2, 0.25) is 0 Å². The van der Waals surface area contributed by atoms with Crippen LogP contribution in [-0.4, -0.2) is 51.3 Å². The number of benzene rings is 1. The van der Waals surface area contributed by atoms with Crippen LogP contribution in [0.4, 0.5) is 0 Å². The Kier molecular flexibility index (Phi) is 5.26. The van der Waals surface area contributed by atoms with E-state index in [4.69, 9.17) is 0 Å². The molecule has 1 heterocycles. The first-order valence-electron chi connectivity index (χ1n) is 7.86. The summed E-state index contributed by atoms with van der Waals surface area (Å²) in [4.78, 5) is 25.5. The molecule has 3 N–H and O–H groups in total. The molecule has 0 bridgehead atoms. The van der Waals surface area contributed by atoms with Crippen molar-refractivity contribution in [2.45, 2.75) is 38.7 Å². The molecule has 23 heavy (non-hydrogen) atoms. The van der Waals surface area contributed by atoms with Gasteiger partial charge in [0.25, 0.3) is 0 Å². The molecule has 1 aromatic rings. The molecule has 0 spiro atoms. The number of carboxylic acids is 1. The lowest BCUT2D eigenvalue weighted by atomic mass is 9.72. The maximum absolute atomic E-state index is 12.3. The molecular formula is C17H23NO5. The van der Waals surface area contributed by atoms with Gasteiger partial charge in [-0.1, -0.05) is 25.5 Å². The van der Waals surface area contributed by atoms with Crippen LogP contribution in [0.15, 0.2) is 24.3 Å². The van der Waals surface area contributed by atoms with E-state index in [1.165, 1.54) is 17.0 Å². The Hall–Kier alpha value is -2.08. The second kappa shape index (κ2) is 7.00. The monoisotopic (exact) mass is 321 g/mol. The number of phenols is 1. The van der Waals surface area contributed by atoms with Gasteiger partial charge in [-0.2, -0.15) is 0 Å². The molecule has 0 radical (unpaired) electrons. The van der Waals surface area contributed by atoms with E-state index in [1.54, 1.807) is 12.1 Å². The number of amides is 1. The van der Waals surface area contributed by atoms with Crippen LogP contribution in [0.1, 0.15) is 31.7 Å². The van der Waals surface area contributed by atoms with Crippen molar-refractivity contribution >= 4 is 11.9 Å². The maximum Gasteiger partial charge on any atom is 0.312 e. The number of likely N-dealkylation sites (tertiary alicyclic amines) is 1. The fraction of sp³-hybridized carbons (Fsp3) is 0.529. The van der Waals surface area contributed by atoms with E-state index in [0.717, 1.165) is 5.56 Å². The van der Waals surface area contributed by atoms with Crippen molar-refractivity contribution in [3.63, 3.8) is 0 Å². The number of carboxylic acid groups (broad SMARTS) is 1. The van der Waals surface area contributed by atoms with Gasteiger partial charge < -0.3 is 20.2 Å². The second-order valence-electron chi connectivity index (χ2n) is 6.16. The van der Waals surface area contributed by atoms with Gasteiger partial charge in [-0.3, -0.25) is 9.59 Å². The van der Waals surface area contributed by atoms with Gasteiger partial charge in [0.2, 0.25) is 5.91 Å². The van der Waals surface area contributed by atoms with Crippen LogP contribution in [0.3, 0.4) is 0 Å². The van der Waals surface area contributed by atoms with Gasteiger partial charge in [0, 0.05) is 13.1 Å². The average molecular weight is 321 g/mol. The van der Waals surface area contributed by atoms with Crippen molar-refractivity contribution in [2.24, 2.45) is 5.41 Å². The SMILES string of the molecule is CCC[C@]1(C(=O)O)CCN(C(=O)Cc2ccc(O)cc2)C[C@@H]1O. The minimum atomic E-state index is -1.15. The highest BCUT2D eigenvalue weighted by Crippen LogP contribution is 2.37. The first-order chi connectivity index (χ1) is 10.9. The summed E-state index contributed by atoms with van der Waals surface area (Å²) in [5, 5.41) is 29.1. The minimum Gasteiger partial charge on any atom is -0.508 e. The van der Waals surface area contributed by atoms with Crippen molar-refractivity contribution in [3.05, 3.63) is 29.8 Å². The van der Waals surface area contributed by atoms with Crippen LogP contribution >= 0.6 is 0 Å². The number of piperidine rings is 1. The van der Waals surface area contributed by atoms with Crippen LogP contribution in [0, 0.1) is 5.41 Å². The molecule has 1 aromatic carbocycles. The fourth-order valence-corrected chi connectivity index (χ4v) is 3.20. The number of aliphatic hydroxyl groups is 1. The van der Waals surface area contributed by atoms with Crippen molar-refractivity contribution in [1.82, 2.24) is 4.90 Å². The minimum absolute atomic E-state index is 0.0449. The first-order valence-corrected chi connectivity index (χ1v) is 7.86. The number of hydrogen-bond donors (Lipinski definition) is 3. The molecule has 6 heteroatoms. The summed E-state index contributed by atoms with van der Waals surface area (Å²) < 4.78 is 0. The smallest absolute Gasteiger partial charge is 0.312 e. The number of carbonyl (C=O) groups excluding carboxylic acids is 1. The van der Waals surface area contributed by atoms with E-state index in [1.807, 2.05) is 6.92 Å². The molecule has 0 unspecified atom stereocenters. The Morgan fingerprint density at radius 3 is 2.48 bits per heavy atom. The highest BCUT2D eigenvalue weighted by molar-refractivity contribution is 5.80. The van der Waals surface area contributed by atoms with Crippen LogP contribution < -0.4 is 0 Å². The van der Waals surface area contributed by atoms with E-state index in [0.29, 0.717) is 19.4 Å². The number of phenolic OH excluding ortho intramolecular Hbond substituents is 1. The molecule has 2 rings (SSSR count). The molecular weight excluding hydrogens is 298 g/mol. The Labute approximate surface area is 135 Å². The number of rotatable bonds is 5. The van der Waals surface area contributed by atoms with Gasteiger partial charge in [0.05, 0.1) is 17.9 Å². The van der Waals surface area contributed by atoms with Gasteiger partial charge in [0.15, 0.2) is 0 Å². The van der Waals surface area contributed by atoms with Crippen molar-refractivity contribution in [3.8, 4) is 5.75 Å². The quantitative estimate of drug-likeness (QED) is 0.761. The number of aliphatic carboxylic acids is 1. The summed E-state index contributed by atoms with van der Waals surface area (Å²) in [5.41, 5.74) is -0.379. The molecule has 2 atom stereocenters. The summed E-state index contributed by atoms with van der Waals surface area (Å²) in [5.74, 6) is -0.997. The lowest BCUT2D eigenvalue weighted by Crippen LogP contribution is -2.56. The summed E-state index contributed by atoms with van der Waals surface area (Å²) in [6.07, 6.45) is 0.450. The molecule has 1 aliphatic heterocycles. The summed E-state index contributed by atoms with van der Waals surface area (Å²) >= 11 is 0. The molecule has 1 amide bonds. The number of carbonyl (C=O) groups is 2. The first kappa shape index (κ1) is 17.3. The largest absolute Gasteiger partial charge is 0.508 e. The van der Waals surface area contributed by atoms with Crippen LogP contribution in [-0.2, 0) is 16.0 Å². The number of aromatic hydroxyl groups is 1. The second-order valence-corrected chi connectivity index (χ2v) is 6.16. The zero-order valence-corrected chi connectivity index (χ0v) is 13.2. The van der Waals surface area contributed by atoms with E-state index in [-0.39, 0.29) is 31.0 Å². The average Bonchev–Trinajstić information content (AvgIpc) is 2.51. The van der Waals surface area contributed by atoms with Gasteiger partial charge in [-0.25, -0.2) is 0 Å². The van der Waals surface area contributed by atoms with E-state index < -0.39 is 17.5 Å². The van der Waals surface area contributed by atoms with E-state index in [2.05, 4.69) is 0 Å². The zero-order chi connectivity index (χ0) is 17.0. The standard InChI is InChI=1S/C17H23NO5/c1-2-7-17(16(22)23)8-9-18(11-14(17)20)15(21)10-12-3-5-13(19)6-4-12/h3-6,14,19-20H,2,7-11H2,1H3,(H,22,23)/t14-,17-/m0/s1. The molecule has 126 valence electrons. The van der Waals surface area contributed by atoms with Crippen molar-refractivity contribution < 1.29 is 24.9 Å². The molecule has 0 saturated carbocycles. The summed E-state index contributed by atoms with van der Waals surface area (Å²) in [6.45, 7) is 2.27. The van der Waals surface area contributed by atoms with Crippen molar-refractivity contribution in [2.75, 3.05) is 13.1 Å². The predicted octanol–water partition coefficient (Wildman–Crippen LogP) is 1.40. The van der Waals surface area contributed by atoms with Gasteiger partial charge in [-0.15, -0.1) is 0 Å². The van der Waals surface area contributed by atoms with Gasteiger partial charge >= 0.3 is 5.97 Å². The van der Waals surface area contributed by atoms with Gasteiger partial charge in [0.1, 0.15) is 5.75 Å². The number of hydrogen-bond acceptors (Lipinski definition) is 4. The number of aliphatic hydroxyl groups excluding tert-OH is 1. The summed E-state index contributed by atoms with van der Waals surface area (Å²) in [6, 6.07) is 6.38. The van der Waals surface area contributed by atoms with E-state index >= 15 is 0 Å². The molecule has 0 aliphatic carbocycles. The summed E-state index contributed by atoms with van der Waals surface area (Å²) in [7, 11) is 0. The Bertz CT molecular complexity index is 571. The lowest BCUT2D eigenvalue weighted by molar-refractivity contribution is -0.167. The third kappa shape index (κ3) is 3.64. The third-order valence-corrected chi connectivity index (χ3v) is 4.63. The Balaban J connectivity index is 2.02. The topological polar surface area (TPSA) is 98.1 Å². The number of β-amino-alcohol motifs (C(OH)–C–C–N with tert-alkyl or cyclic N) is 1. The van der Waals surface area contributed by atoms with Crippen LogP contribution in [0.5, 0.6) is 5.75 Å². The highest BCUT2D eigenvalue weighted by Gasteiger charge is 2.48. The fourth-order valence-electron chi connectivity index (χ4n) is 3.20. The zero-order valence-electron chi connectivity index (χ0n) is 13.2. The number of nitrogens with zero attached hydrogens (tertiary/aromatic N) is 1. The molecule has 0 aromatic heterocycles. The normalized spacial score (nSPS) is 24.4. The molecule has 1 aliphatic rings. The molecule has 6 nitrogen and oxygen atoms in total. The van der Waals surface area contributed by atoms with Gasteiger partial charge in [-0.05, 0) is 30.5 Å². The lowest BCUT2D eigenvalue weighted by Gasteiger charge is -2.42. The van der Waals surface area contributed by atoms with Crippen molar-refractivity contribution in [1.29, 1.82) is 0 Å².